The van der Waals surface area contributed by atoms with Crippen molar-refractivity contribution in [3.8, 4) is 44.8 Å². The largest absolute Gasteiger partial charge is 0.436 e. The molecule has 0 aliphatic carbocycles. The maximum atomic E-state index is 6.29. The molecule has 0 aliphatic rings. The van der Waals surface area contributed by atoms with Gasteiger partial charge in [0.25, 0.3) is 0 Å². The SMILES string of the molecule is c1ccc(-c2cccc(N(c3ccc(-c4ccccc4)c(-c4cccc5ccccc45)c3)c3ccc4c(c3)sc3cc5oc(-c6ccccc6)nc5cc34)c2)cc1. The Balaban J connectivity index is 1.10. The van der Waals surface area contributed by atoms with Crippen LogP contribution in [0.5, 0.6) is 0 Å². The van der Waals surface area contributed by atoms with Crippen LogP contribution < -0.4 is 4.90 Å². The quantitative estimate of drug-likeness (QED) is 0.163. The number of anilines is 3. The average molecular weight is 747 g/mol. The summed E-state index contributed by atoms with van der Waals surface area (Å²) in [5, 5.41) is 4.85. The molecule has 0 N–H and O–H groups in total. The summed E-state index contributed by atoms with van der Waals surface area (Å²) in [7, 11) is 0. The first-order chi connectivity index (χ1) is 28.2. The highest BCUT2D eigenvalue weighted by atomic mass is 32.1. The third-order valence-electron chi connectivity index (χ3n) is 10.9. The molecule has 11 rings (SSSR count). The number of nitrogens with zero attached hydrogens (tertiary/aromatic N) is 2. The molecular weight excluding hydrogens is 713 g/mol. The average Bonchev–Trinajstić information content (AvgIpc) is 3.86. The summed E-state index contributed by atoms with van der Waals surface area (Å²) in [6, 6.07) is 73.7. The summed E-state index contributed by atoms with van der Waals surface area (Å²) in [5.41, 5.74) is 13.0. The Hall–Kier alpha value is -7.27. The van der Waals surface area contributed by atoms with Gasteiger partial charge >= 0.3 is 0 Å². The van der Waals surface area contributed by atoms with E-state index in [-0.39, 0.29) is 0 Å². The van der Waals surface area contributed by atoms with Crippen LogP contribution in [0, 0.1) is 0 Å². The molecule has 0 unspecified atom stereocenters. The molecule has 2 aromatic heterocycles. The predicted octanol–water partition coefficient (Wildman–Crippen LogP) is 15.5. The number of benzene rings is 9. The maximum absolute atomic E-state index is 6.29. The van der Waals surface area contributed by atoms with Crippen molar-refractivity contribution in [3.63, 3.8) is 0 Å². The van der Waals surface area contributed by atoms with Crippen LogP contribution in [0.1, 0.15) is 0 Å². The van der Waals surface area contributed by atoms with Crippen molar-refractivity contribution in [3.05, 3.63) is 206 Å². The van der Waals surface area contributed by atoms with E-state index in [2.05, 4.69) is 181 Å². The van der Waals surface area contributed by atoms with Gasteiger partial charge in [0.1, 0.15) is 5.52 Å². The lowest BCUT2D eigenvalue weighted by molar-refractivity contribution is 0.620. The van der Waals surface area contributed by atoms with Gasteiger partial charge in [-0.25, -0.2) is 4.98 Å². The number of aromatic nitrogens is 1. The molecule has 0 aliphatic heterocycles. The zero-order chi connectivity index (χ0) is 37.7. The van der Waals surface area contributed by atoms with Crippen molar-refractivity contribution in [1.29, 1.82) is 0 Å². The van der Waals surface area contributed by atoms with E-state index in [1.54, 1.807) is 11.3 Å². The van der Waals surface area contributed by atoms with Gasteiger partial charge in [-0.15, -0.1) is 11.3 Å². The van der Waals surface area contributed by atoms with Crippen molar-refractivity contribution < 1.29 is 4.42 Å². The fourth-order valence-corrected chi connectivity index (χ4v) is 9.31. The summed E-state index contributed by atoms with van der Waals surface area (Å²) in [6.45, 7) is 0. The minimum Gasteiger partial charge on any atom is -0.436 e. The molecule has 2 heterocycles. The normalized spacial score (nSPS) is 11.5. The minimum absolute atomic E-state index is 0.643. The van der Waals surface area contributed by atoms with Crippen molar-refractivity contribution >= 4 is 70.4 Å². The summed E-state index contributed by atoms with van der Waals surface area (Å²) in [6.07, 6.45) is 0. The Morgan fingerprint density at radius 3 is 1.84 bits per heavy atom. The van der Waals surface area contributed by atoms with Crippen molar-refractivity contribution in [2.75, 3.05) is 4.90 Å². The van der Waals surface area contributed by atoms with Crippen molar-refractivity contribution in [1.82, 2.24) is 4.98 Å². The molecule has 4 heteroatoms. The van der Waals surface area contributed by atoms with Crippen molar-refractivity contribution in [2.45, 2.75) is 0 Å². The maximum Gasteiger partial charge on any atom is 0.227 e. The summed E-state index contributed by atoms with van der Waals surface area (Å²) < 4.78 is 8.67. The van der Waals surface area contributed by atoms with Crippen LogP contribution in [0.15, 0.2) is 211 Å². The van der Waals surface area contributed by atoms with E-state index in [0.717, 1.165) is 33.7 Å². The van der Waals surface area contributed by atoms with E-state index in [9.17, 15) is 0 Å². The van der Waals surface area contributed by atoms with Gasteiger partial charge in [-0.05, 0) is 98.8 Å². The highest BCUT2D eigenvalue weighted by Gasteiger charge is 2.20. The first-order valence-electron chi connectivity index (χ1n) is 19.2. The van der Waals surface area contributed by atoms with Gasteiger partial charge < -0.3 is 9.32 Å². The summed E-state index contributed by atoms with van der Waals surface area (Å²) in [5.74, 6) is 0.643. The first kappa shape index (κ1) is 33.1. The number of hydrogen-bond acceptors (Lipinski definition) is 4. The molecule has 3 nitrogen and oxygen atoms in total. The molecule has 0 radical (unpaired) electrons. The van der Waals surface area contributed by atoms with Crippen LogP contribution in [0.2, 0.25) is 0 Å². The van der Waals surface area contributed by atoms with E-state index in [1.807, 2.05) is 30.3 Å². The molecule has 268 valence electrons. The van der Waals surface area contributed by atoms with E-state index in [0.29, 0.717) is 5.89 Å². The molecule has 57 heavy (non-hydrogen) atoms. The van der Waals surface area contributed by atoms with Gasteiger partial charge in [0, 0.05) is 48.9 Å². The number of fused-ring (bicyclic) bond motifs is 5. The van der Waals surface area contributed by atoms with Gasteiger partial charge in [-0.2, -0.15) is 0 Å². The Morgan fingerprint density at radius 2 is 1.02 bits per heavy atom. The van der Waals surface area contributed by atoms with Crippen LogP contribution in [0.25, 0.3) is 86.9 Å². The second-order valence-electron chi connectivity index (χ2n) is 14.4. The molecule has 0 fully saturated rings. The van der Waals surface area contributed by atoms with Crippen LogP contribution in [-0.2, 0) is 0 Å². The van der Waals surface area contributed by atoms with E-state index < -0.39 is 0 Å². The zero-order valence-corrected chi connectivity index (χ0v) is 31.7. The number of oxazole rings is 1. The Morgan fingerprint density at radius 1 is 0.386 bits per heavy atom. The highest BCUT2D eigenvalue weighted by Crippen LogP contribution is 2.45. The standard InChI is InChI=1S/C53H34N2OS/c1-4-14-35(15-5-1)39-22-12-23-40(30-39)55(41-26-28-44(36-16-6-2-7-17-36)47(31-41)45-25-13-21-37-18-10-11-24-43(37)45)42-27-29-46-48-33-49-50(34-52(48)57-51(46)32-42)56-53(54-49)38-19-8-3-9-20-38/h1-34H. The lowest BCUT2D eigenvalue weighted by Gasteiger charge is -2.27. The Kier molecular flexibility index (Phi) is 8.01. The third kappa shape index (κ3) is 5.95. The number of rotatable bonds is 7. The highest BCUT2D eigenvalue weighted by molar-refractivity contribution is 7.25. The fourth-order valence-electron chi connectivity index (χ4n) is 8.16. The topological polar surface area (TPSA) is 29.3 Å². The van der Waals surface area contributed by atoms with Crippen LogP contribution in [0.3, 0.4) is 0 Å². The zero-order valence-electron chi connectivity index (χ0n) is 30.8. The van der Waals surface area contributed by atoms with E-state index in [4.69, 9.17) is 9.40 Å². The molecule has 0 bridgehead atoms. The summed E-state index contributed by atoms with van der Waals surface area (Å²) in [4.78, 5) is 7.29. The molecule has 11 aromatic rings. The summed E-state index contributed by atoms with van der Waals surface area (Å²) >= 11 is 1.79. The molecule has 0 amide bonds. The van der Waals surface area contributed by atoms with E-state index >= 15 is 0 Å². The lowest BCUT2D eigenvalue weighted by atomic mass is 9.90. The molecule has 0 spiro atoms. The molecule has 9 aromatic carbocycles. The lowest BCUT2D eigenvalue weighted by Crippen LogP contribution is -2.10. The minimum atomic E-state index is 0.643. The van der Waals surface area contributed by atoms with Crippen LogP contribution >= 0.6 is 11.3 Å². The monoisotopic (exact) mass is 746 g/mol. The van der Waals surface area contributed by atoms with Crippen LogP contribution in [0.4, 0.5) is 17.1 Å². The fraction of sp³-hybridized carbons (Fsp3) is 0. The van der Waals surface area contributed by atoms with Crippen molar-refractivity contribution in [2.24, 2.45) is 0 Å². The predicted molar refractivity (Wildman–Crippen MR) is 241 cm³/mol. The first-order valence-corrected chi connectivity index (χ1v) is 20.0. The molecule has 0 saturated carbocycles. The second kappa shape index (κ2) is 13.8. The van der Waals surface area contributed by atoms with Gasteiger partial charge in [-0.1, -0.05) is 146 Å². The van der Waals surface area contributed by atoms with Crippen LogP contribution in [-0.4, -0.2) is 4.98 Å². The van der Waals surface area contributed by atoms with Gasteiger partial charge in [0.15, 0.2) is 5.58 Å². The molecular formula is C53H34N2OS. The van der Waals surface area contributed by atoms with Gasteiger partial charge in [0.2, 0.25) is 5.89 Å². The Labute approximate surface area is 334 Å². The van der Waals surface area contributed by atoms with Gasteiger partial charge in [0.05, 0.1) is 0 Å². The number of thiophene rings is 1. The molecule has 0 saturated heterocycles. The second-order valence-corrected chi connectivity index (χ2v) is 15.4. The number of hydrogen-bond donors (Lipinski definition) is 0. The van der Waals surface area contributed by atoms with Gasteiger partial charge in [-0.3, -0.25) is 0 Å². The third-order valence-corrected chi connectivity index (χ3v) is 12.0. The molecule has 0 atom stereocenters. The smallest absolute Gasteiger partial charge is 0.227 e. The van der Waals surface area contributed by atoms with E-state index in [1.165, 1.54) is 64.3 Å². The Bertz CT molecular complexity index is 3230.